The Balaban J connectivity index is 3.52. The molecule has 0 aliphatic rings. The number of Topliss-reactive ketones (excluding diaryl/α,β-unsaturated/α-hetero) is 1. The molecule has 0 bridgehead atoms. The van der Waals surface area contributed by atoms with Crippen LogP contribution in [0.15, 0.2) is 0 Å². The molecule has 1 unspecified atom stereocenters. The summed E-state index contributed by atoms with van der Waals surface area (Å²) in [6.45, 7) is 3.39. The summed E-state index contributed by atoms with van der Waals surface area (Å²) in [5.41, 5.74) is 0. The number of rotatable bonds is 2. The van der Waals surface area contributed by atoms with Gasteiger partial charge in [0, 0.05) is 12.3 Å². The van der Waals surface area contributed by atoms with E-state index in [1.54, 1.807) is 6.92 Å². The van der Waals surface area contributed by atoms with E-state index in [4.69, 9.17) is 6.42 Å². The molecule has 1 atom stereocenters. The third kappa shape index (κ3) is 2.41. The maximum absolute atomic E-state index is 10.4. The minimum atomic E-state index is 0.0417. The number of ketones is 1. The van der Waals surface area contributed by atoms with Crippen LogP contribution >= 0.6 is 0 Å². The van der Waals surface area contributed by atoms with Crippen molar-refractivity contribution in [1.82, 2.24) is 0 Å². The van der Waals surface area contributed by atoms with Gasteiger partial charge >= 0.3 is 0 Å². The molecule has 1 heteroatoms. The number of hydrogen-bond acceptors (Lipinski definition) is 1. The van der Waals surface area contributed by atoms with Gasteiger partial charge in [-0.2, -0.15) is 0 Å². The Morgan fingerprint density at radius 2 is 2.38 bits per heavy atom. The monoisotopic (exact) mass is 110 g/mol. The number of hydrogen-bond donors (Lipinski definition) is 0. The van der Waals surface area contributed by atoms with Crippen LogP contribution in [0, 0.1) is 18.3 Å². The Morgan fingerprint density at radius 1 is 1.88 bits per heavy atom. The third-order valence-corrected chi connectivity index (χ3v) is 1.12. The van der Waals surface area contributed by atoms with Crippen molar-refractivity contribution in [2.45, 2.75) is 20.3 Å². The van der Waals surface area contributed by atoms with Crippen LogP contribution in [0.1, 0.15) is 20.3 Å². The van der Waals surface area contributed by atoms with Gasteiger partial charge in [0.15, 0.2) is 0 Å². The van der Waals surface area contributed by atoms with E-state index < -0.39 is 0 Å². The first-order valence-electron chi connectivity index (χ1n) is 2.62. The van der Waals surface area contributed by atoms with Gasteiger partial charge in [0.2, 0.25) is 0 Å². The SMILES string of the molecule is C#CCC(C)C(C)=O. The minimum Gasteiger partial charge on any atom is -0.300 e. The zero-order valence-corrected chi connectivity index (χ0v) is 5.27. The molecule has 44 valence electrons. The van der Waals surface area contributed by atoms with Crippen LogP contribution in [-0.2, 0) is 4.79 Å². The molecule has 0 aromatic rings. The number of carbonyl (C=O) groups excluding carboxylic acids is 1. The second-order valence-electron chi connectivity index (χ2n) is 1.92. The second-order valence-corrected chi connectivity index (χ2v) is 1.92. The molecule has 0 rings (SSSR count). The molecule has 0 spiro atoms. The average Bonchev–Trinajstić information content (AvgIpc) is 1.67. The number of carbonyl (C=O) groups is 1. The van der Waals surface area contributed by atoms with Gasteiger partial charge < -0.3 is 0 Å². The van der Waals surface area contributed by atoms with Gasteiger partial charge in [-0.15, -0.1) is 12.3 Å². The molecule has 0 saturated carbocycles. The summed E-state index contributed by atoms with van der Waals surface area (Å²) < 4.78 is 0. The molecule has 0 radical (unpaired) electrons. The van der Waals surface area contributed by atoms with Crippen molar-refractivity contribution in [3.8, 4) is 12.3 Å². The molecule has 0 aliphatic carbocycles. The second kappa shape index (κ2) is 3.26. The lowest BCUT2D eigenvalue weighted by atomic mass is 10.1. The van der Waals surface area contributed by atoms with Crippen molar-refractivity contribution < 1.29 is 4.79 Å². The predicted molar refractivity (Wildman–Crippen MR) is 33.3 cm³/mol. The first kappa shape index (κ1) is 7.23. The van der Waals surface area contributed by atoms with Crippen LogP contribution < -0.4 is 0 Å². The number of terminal acetylenes is 1. The summed E-state index contributed by atoms with van der Waals surface area (Å²) in [4.78, 5) is 10.4. The minimum absolute atomic E-state index is 0.0417. The van der Waals surface area contributed by atoms with Gasteiger partial charge in [-0.3, -0.25) is 4.79 Å². The van der Waals surface area contributed by atoms with Crippen LogP contribution in [0.4, 0.5) is 0 Å². The third-order valence-electron chi connectivity index (χ3n) is 1.12. The van der Waals surface area contributed by atoms with E-state index in [9.17, 15) is 4.79 Å². The van der Waals surface area contributed by atoms with Crippen LogP contribution in [0.3, 0.4) is 0 Å². The zero-order valence-electron chi connectivity index (χ0n) is 5.27. The highest BCUT2D eigenvalue weighted by molar-refractivity contribution is 5.78. The summed E-state index contributed by atoms with van der Waals surface area (Å²) in [5.74, 6) is 2.64. The average molecular weight is 110 g/mol. The summed E-state index contributed by atoms with van der Waals surface area (Å²) in [7, 11) is 0. The van der Waals surface area contributed by atoms with E-state index in [2.05, 4.69) is 5.92 Å². The van der Waals surface area contributed by atoms with Gasteiger partial charge in [-0.25, -0.2) is 0 Å². The fourth-order valence-electron chi connectivity index (χ4n) is 0.321. The van der Waals surface area contributed by atoms with Crippen molar-refractivity contribution in [2.24, 2.45) is 5.92 Å². The molecule has 0 N–H and O–H groups in total. The normalized spacial score (nSPS) is 12.1. The molecule has 0 saturated heterocycles. The van der Waals surface area contributed by atoms with E-state index >= 15 is 0 Å². The highest BCUT2D eigenvalue weighted by atomic mass is 16.1. The van der Waals surface area contributed by atoms with E-state index in [1.807, 2.05) is 6.92 Å². The van der Waals surface area contributed by atoms with Crippen LogP contribution in [0.2, 0.25) is 0 Å². The predicted octanol–water partition coefficient (Wildman–Crippen LogP) is 1.23. The Hall–Kier alpha value is -0.770. The maximum Gasteiger partial charge on any atom is 0.133 e. The lowest BCUT2D eigenvalue weighted by molar-refractivity contribution is -0.120. The molecule has 8 heavy (non-hydrogen) atoms. The van der Waals surface area contributed by atoms with Gasteiger partial charge in [-0.1, -0.05) is 6.92 Å². The lowest BCUT2D eigenvalue weighted by Gasteiger charge is -1.97. The Bertz CT molecular complexity index is 119. The van der Waals surface area contributed by atoms with Crippen LogP contribution in [0.25, 0.3) is 0 Å². The zero-order chi connectivity index (χ0) is 6.57. The van der Waals surface area contributed by atoms with Gasteiger partial charge in [0.05, 0.1) is 0 Å². The first-order chi connectivity index (χ1) is 3.68. The molecule has 1 nitrogen and oxygen atoms in total. The van der Waals surface area contributed by atoms with Gasteiger partial charge in [-0.05, 0) is 6.92 Å². The van der Waals surface area contributed by atoms with Gasteiger partial charge in [0.1, 0.15) is 5.78 Å². The van der Waals surface area contributed by atoms with Crippen molar-refractivity contribution in [1.29, 1.82) is 0 Å². The Morgan fingerprint density at radius 3 is 2.50 bits per heavy atom. The summed E-state index contributed by atoms with van der Waals surface area (Å²) in [6.07, 6.45) is 5.53. The molecule has 0 aliphatic heterocycles. The van der Waals surface area contributed by atoms with E-state index in [-0.39, 0.29) is 11.7 Å². The van der Waals surface area contributed by atoms with E-state index in [1.165, 1.54) is 0 Å². The topological polar surface area (TPSA) is 17.1 Å². The standard InChI is InChI=1S/C7H10O/c1-4-5-6(2)7(3)8/h1,6H,5H2,2-3H3. The van der Waals surface area contributed by atoms with E-state index in [0.29, 0.717) is 6.42 Å². The molecular weight excluding hydrogens is 100 g/mol. The summed E-state index contributed by atoms with van der Waals surface area (Å²) >= 11 is 0. The molecule has 0 heterocycles. The molecule has 0 fully saturated rings. The fraction of sp³-hybridized carbons (Fsp3) is 0.571. The largest absolute Gasteiger partial charge is 0.300 e. The van der Waals surface area contributed by atoms with Crippen molar-refractivity contribution in [3.63, 3.8) is 0 Å². The van der Waals surface area contributed by atoms with E-state index in [0.717, 1.165) is 0 Å². The lowest BCUT2D eigenvalue weighted by Crippen LogP contribution is -2.03. The quantitative estimate of drug-likeness (QED) is 0.489. The maximum atomic E-state index is 10.4. The highest BCUT2D eigenvalue weighted by Crippen LogP contribution is 1.99. The van der Waals surface area contributed by atoms with Crippen LogP contribution in [0.5, 0.6) is 0 Å². The van der Waals surface area contributed by atoms with Crippen molar-refractivity contribution in [2.75, 3.05) is 0 Å². The first-order valence-corrected chi connectivity index (χ1v) is 2.62. The Kier molecular flexibility index (Phi) is 2.95. The van der Waals surface area contributed by atoms with Crippen LogP contribution in [-0.4, -0.2) is 5.78 Å². The molecule has 0 amide bonds. The summed E-state index contributed by atoms with van der Waals surface area (Å²) in [5, 5.41) is 0. The molecular formula is C7H10O. The smallest absolute Gasteiger partial charge is 0.133 e. The molecule has 0 aromatic carbocycles. The highest BCUT2D eigenvalue weighted by Gasteiger charge is 2.03. The Labute approximate surface area is 50.1 Å². The van der Waals surface area contributed by atoms with Crippen molar-refractivity contribution >= 4 is 5.78 Å². The van der Waals surface area contributed by atoms with Crippen molar-refractivity contribution in [3.05, 3.63) is 0 Å². The van der Waals surface area contributed by atoms with Gasteiger partial charge in [0.25, 0.3) is 0 Å². The fourth-order valence-corrected chi connectivity index (χ4v) is 0.321. The molecule has 0 aromatic heterocycles. The summed E-state index contributed by atoms with van der Waals surface area (Å²) in [6, 6.07) is 0.